The van der Waals surface area contributed by atoms with Crippen molar-refractivity contribution in [2.75, 3.05) is 0 Å². The highest BCUT2D eigenvalue weighted by molar-refractivity contribution is 6.42. The van der Waals surface area contributed by atoms with Gasteiger partial charge in [-0.2, -0.15) is 0 Å². The molecule has 0 saturated heterocycles. The zero-order valence-electron chi connectivity index (χ0n) is 7.63. The van der Waals surface area contributed by atoms with Crippen LogP contribution in [0.1, 0.15) is 12.0 Å². The largest absolute Gasteiger partial charge is 0.327 e. The molecule has 0 fully saturated rings. The van der Waals surface area contributed by atoms with Crippen LogP contribution >= 0.6 is 23.2 Å². The summed E-state index contributed by atoms with van der Waals surface area (Å²) in [6.07, 6.45) is 6.45. The fourth-order valence-corrected chi connectivity index (χ4v) is 1.51. The number of terminal acetylenes is 1. The van der Waals surface area contributed by atoms with Crippen molar-refractivity contribution in [3.8, 4) is 12.3 Å². The van der Waals surface area contributed by atoms with E-state index in [0.29, 0.717) is 16.5 Å². The highest BCUT2D eigenvalue weighted by Crippen LogP contribution is 2.23. The van der Waals surface area contributed by atoms with Crippen LogP contribution in [0.2, 0.25) is 10.0 Å². The van der Waals surface area contributed by atoms with Crippen molar-refractivity contribution >= 4 is 23.2 Å². The maximum atomic E-state index is 5.86. The zero-order valence-corrected chi connectivity index (χ0v) is 9.15. The van der Waals surface area contributed by atoms with Crippen molar-refractivity contribution in [3.05, 3.63) is 33.8 Å². The third-order valence-corrected chi connectivity index (χ3v) is 2.60. The molecule has 0 saturated carbocycles. The molecule has 3 heteroatoms. The van der Waals surface area contributed by atoms with E-state index in [1.54, 1.807) is 6.07 Å². The predicted molar refractivity (Wildman–Crippen MR) is 61.6 cm³/mol. The predicted octanol–water partition coefficient (Wildman–Crippen LogP) is 2.89. The molecule has 0 amide bonds. The number of hydrogen-bond donors (Lipinski definition) is 1. The first-order valence-corrected chi connectivity index (χ1v) is 5.02. The zero-order chi connectivity index (χ0) is 10.6. The van der Waals surface area contributed by atoms with Gasteiger partial charge in [-0.3, -0.25) is 0 Å². The summed E-state index contributed by atoms with van der Waals surface area (Å²) in [6.45, 7) is 0. The van der Waals surface area contributed by atoms with Gasteiger partial charge in [0, 0.05) is 12.5 Å². The summed E-state index contributed by atoms with van der Waals surface area (Å²) in [5.74, 6) is 2.53. The van der Waals surface area contributed by atoms with Crippen molar-refractivity contribution in [2.24, 2.45) is 5.73 Å². The van der Waals surface area contributed by atoms with Gasteiger partial charge in [0.15, 0.2) is 0 Å². The summed E-state index contributed by atoms with van der Waals surface area (Å²) in [7, 11) is 0. The van der Waals surface area contributed by atoms with Gasteiger partial charge in [0.05, 0.1) is 10.0 Å². The van der Waals surface area contributed by atoms with Gasteiger partial charge < -0.3 is 5.73 Å². The van der Waals surface area contributed by atoms with Crippen LogP contribution in [0.4, 0.5) is 0 Å². The number of halogens is 2. The average Bonchev–Trinajstić information content (AvgIpc) is 2.12. The average molecular weight is 228 g/mol. The number of rotatable bonds is 3. The third kappa shape index (κ3) is 3.23. The first-order chi connectivity index (χ1) is 6.63. The molecule has 0 aromatic heterocycles. The lowest BCUT2D eigenvalue weighted by Crippen LogP contribution is -2.21. The molecule has 14 heavy (non-hydrogen) atoms. The molecule has 0 aliphatic carbocycles. The highest BCUT2D eigenvalue weighted by Gasteiger charge is 2.04. The summed E-state index contributed by atoms with van der Waals surface area (Å²) < 4.78 is 0. The van der Waals surface area contributed by atoms with Gasteiger partial charge in [-0.25, -0.2) is 0 Å². The second kappa shape index (κ2) is 5.26. The Hall–Kier alpha value is -0.680. The molecule has 0 heterocycles. The fourth-order valence-electron chi connectivity index (χ4n) is 1.19. The van der Waals surface area contributed by atoms with E-state index in [1.807, 2.05) is 12.1 Å². The monoisotopic (exact) mass is 227 g/mol. The van der Waals surface area contributed by atoms with Crippen molar-refractivity contribution in [1.82, 2.24) is 0 Å². The van der Waals surface area contributed by atoms with Crippen LogP contribution in [-0.4, -0.2) is 6.04 Å². The molecule has 1 aromatic carbocycles. The van der Waals surface area contributed by atoms with Crippen LogP contribution in [0.5, 0.6) is 0 Å². The minimum atomic E-state index is -0.0164. The summed E-state index contributed by atoms with van der Waals surface area (Å²) in [5.41, 5.74) is 6.84. The summed E-state index contributed by atoms with van der Waals surface area (Å²) in [4.78, 5) is 0. The molecule has 1 aromatic rings. The first kappa shape index (κ1) is 11.4. The second-order valence-electron chi connectivity index (χ2n) is 3.12. The Bertz CT molecular complexity index is 355. The molecule has 0 bridgehead atoms. The van der Waals surface area contributed by atoms with Crippen LogP contribution in [0, 0.1) is 12.3 Å². The van der Waals surface area contributed by atoms with Crippen molar-refractivity contribution in [1.29, 1.82) is 0 Å². The standard InChI is InChI=1S/C11H11Cl2N/c1-2-3-9(14)6-8-4-5-10(12)11(13)7-8/h1,4-5,7,9H,3,6,14H2. The Balaban J connectivity index is 2.69. The Morgan fingerprint density at radius 1 is 1.36 bits per heavy atom. The molecule has 0 aliphatic heterocycles. The Morgan fingerprint density at radius 3 is 2.64 bits per heavy atom. The maximum absolute atomic E-state index is 5.86. The molecule has 0 radical (unpaired) electrons. The van der Waals surface area contributed by atoms with E-state index in [2.05, 4.69) is 5.92 Å². The van der Waals surface area contributed by atoms with Crippen LogP contribution < -0.4 is 5.73 Å². The lowest BCUT2D eigenvalue weighted by molar-refractivity contribution is 0.689. The third-order valence-electron chi connectivity index (χ3n) is 1.86. The number of benzene rings is 1. The van der Waals surface area contributed by atoms with Gasteiger partial charge in [-0.1, -0.05) is 29.3 Å². The van der Waals surface area contributed by atoms with Crippen LogP contribution in [0.25, 0.3) is 0 Å². The summed E-state index contributed by atoms with van der Waals surface area (Å²) >= 11 is 11.6. The second-order valence-corrected chi connectivity index (χ2v) is 3.94. The fraction of sp³-hybridized carbons (Fsp3) is 0.273. The number of nitrogens with two attached hydrogens (primary N) is 1. The topological polar surface area (TPSA) is 26.0 Å². The van der Waals surface area contributed by atoms with E-state index in [9.17, 15) is 0 Å². The van der Waals surface area contributed by atoms with E-state index in [0.717, 1.165) is 12.0 Å². The van der Waals surface area contributed by atoms with E-state index in [1.165, 1.54) is 0 Å². The lowest BCUT2D eigenvalue weighted by Gasteiger charge is -2.08. The Morgan fingerprint density at radius 2 is 2.07 bits per heavy atom. The minimum Gasteiger partial charge on any atom is -0.327 e. The van der Waals surface area contributed by atoms with Gasteiger partial charge in [-0.15, -0.1) is 12.3 Å². The molecular weight excluding hydrogens is 217 g/mol. The van der Waals surface area contributed by atoms with Crippen molar-refractivity contribution in [3.63, 3.8) is 0 Å². The van der Waals surface area contributed by atoms with E-state index >= 15 is 0 Å². The molecular formula is C11H11Cl2N. The van der Waals surface area contributed by atoms with Gasteiger partial charge in [-0.05, 0) is 24.1 Å². The Labute approximate surface area is 94.2 Å². The smallest absolute Gasteiger partial charge is 0.0595 e. The molecule has 2 N–H and O–H groups in total. The summed E-state index contributed by atoms with van der Waals surface area (Å²) in [5, 5.41) is 1.11. The van der Waals surface area contributed by atoms with E-state index < -0.39 is 0 Å². The molecule has 1 nitrogen and oxygen atoms in total. The molecule has 74 valence electrons. The number of hydrogen-bond acceptors (Lipinski definition) is 1. The van der Waals surface area contributed by atoms with Crippen molar-refractivity contribution < 1.29 is 0 Å². The maximum Gasteiger partial charge on any atom is 0.0595 e. The Kier molecular flexibility index (Phi) is 4.28. The molecule has 1 rings (SSSR count). The van der Waals surface area contributed by atoms with Crippen LogP contribution in [0.3, 0.4) is 0 Å². The molecule has 1 unspecified atom stereocenters. The van der Waals surface area contributed by atoms with Gasteiger partial charge in [0.1, 0.15) is 0 Å². The van der Waals surface area contributed by atoms with Crippen molar-refractivity contribution in [2.45, 2.75) is 18.9 Å². The molecule has 0 aliphatic rings. The van der Waals surface area contributed by atoms with Crippen LogP contribution in [0.15, 0.2) is 18.2 Å². The lowest BCUT2D eigenvalue weighted by atomic mass is 10.0. The van der Waals surface area contributed by atoms with Gasteiger partial charge in [0.25, 0.3) is 0 Å². The van der Waals surface area contributed by atoms with E-state index in [-0.39, 0.29) is 6.04 Å². The first-order valence-electron chi connectivity index (χ1n) is 4.26. The van der Waals surface area contributed by atoms with Gasteiger partial charge in [0.2, 0.25) is 0 Å². The van der Waals surface area contributed by atoms with Gasteiger partial charge >= 0.3 is 0 Å². The summed E-state index contributed by atoms with van der Waals surface area (Å²) in [6, 6.07) is 5.48. The minimum absolute atomic E-state index is 0.0164. The SMILES string of the molecule is C#CCC(N)Cc1ccc(Cl)c(Cl)c1. The van der Waals surface area contributed by atoms with Crippen LogP contribution in [-0.2, 0) is 6.42 Å². The normalized spacial score (nSPS) is 12.1. The van der Waals surface area contributed by atoms with E-state index in [4.69, 9.17) is 35.4 Å². The highest BCUT2D eigenvalue weighted by atomic mass is 35.5. The molecule has 0 spiro atoms. The molecule has 1 atom stereocenters. The quantitative estimate of drug-likeness (QED) is 0.791.